The molecule has 0 saturated carbocycles. The first-order valence-electron chi connectivity index (χ1n) is 9.39. The number of halogens is 1. The van der Waals surface area contributed by atoms with E-state index in [0.29, 0.717) is 23.6 Å². The highest BCUT2D eigenvalue weighted by Gasteiger charge is 2.22. The molecule has 2 N–H and O–H groups in total. The maximum atomic E-state index is 12.7. The fraction of sp³-hybridized carbons (Fsp3) is 0.381. The summed E-state index contributed by atoms with van der Waals surface area (Å²) in [5, 5.41) is 2.79. The van der Waals surface area contributed by atoms with Crippen molar-refractivity contribution in [3.63, 3.8) is 0 Å². The molecule has 0 saturated heterocycles. The Morgan fingerprint density at radius 2 is 1.76 bits per heavy atom. The monoisotopic (exact) mass is 482 g/mol. The van der Waals surface area contributed by atoms with Crippen molar-refractivity contribution in [3.05, 3.63) is 52.5 Å². The third-order valence-electron chi connectivity index (χ3n) is 3.80. The molecule has 0 aliphatic carbocycles. The number of carbonyl (C=O) groups excluding carboxylic acids is 1. The zero-order chi connectivity index (χ0) is 21.7. The predicted molar refractivity (Wildman–Crippen MR) is 119 cm³/mol. The first-order chi connectivity index (χ1) is 13.5. The van der Waals surface area contributed by atoms with Crippen LogP contribution in [0.2, 0.25) is 0 Å². The molecule has 158 valence electrons. The Morgan fingerprint density at radius 3 is 2.34 bits per heavy atom. The zero-order valence-electron chi connectivity index (χ0n) is 17.1. The summed E-state index contributed by atoms with van der Waals surface area (Å²) in [5.74, 6) is 0.175. The standard InChI is InChI=1S/C21H27BrN2O4S/c1-5-6-13-28-19-12-7-15(22)14-18(19)20(25)23-16-8-10-17(11-9-16)29(26,27)24-21(2,3)4/h7-12,14,24H,5-6,13H2,1-4H3,(H,23,25). The molecule has 2 aromatic rings. The molecular formula is C21H27BrN2O4S. The van der Waals surface area contributed by atoms with Gasteiger partial charge in [-0.1, -0.05) is 29.3 Å². The molecule has 0 bridgehead atoms. The van der Waals surface area contributed by atoms with E-state index in [2.05, 4.69) is 32.9 Å². The van der Waals surface area contributed by atoms with E-state index in [-0.39, 0.29) is 10.8 Å². The van der Waals surface area contributed by atoms with E-state index in [0.717, 1.165) is 17.3 Å². The normalized spacial score (nSPS) is 11.9. The van der Waals surface area contributed by atoms with Crippen LogP contribution in [0.4, 0.5) is 5.69 Å². The zero-order valence-corrected chi connectivity index (χ0v) is 19.5. The second kappa shape index (κ2) is 9.73. The number of anilines is 1. The van der Waals surface area contributed by atoms with Gasteiger partial charge in [0.25, 0.3) is 5.91 Å². The Hall–Kier alpha value is -1.90. The highest BCUT2D eigenvalue weighted by molar-refractivity contribution is 9.10. The van der Waals surface area contributed by atoms with Gasteiger partial charge < -0.3 is 10.1 Å². The summed E-state index contributed by atoms with van der Waals surface area (Å²) in [5.41, 5.74) is 0.311. The third-order valence-corrected chi connectivity index (χ3v) is 6.07. The summed E-state index contributed by atoms with van der Waals surface area (Å²) in [6.45, 7) is 7.93. The van der Waals surface area contributed by atoms with Crippen LogP contribution in [0, 0.1) is 0 Å². The largest absolute Gasteiger partial charge is 0.493 e. The fourth-order valence-corrected chi connectivity index (χ4v) is 4.29. The number of nitrogens with one attached hydrogen (secondary N) is 2. The second-order valence-electron chi connectivity index (χ2n) is 7.68. The first-order valence-corrected chi connectivity index (χ1v) is 11.7. The van der Waals surface area contributed by atoms with Gasteiger partial charge in [0, 0.05) is 15.7 Å². The van der Waals surface area contributed by atoms with Crippen molar-refractivity contribution in [3.8, 4) is 5.75 Å². The van der Waals surface area contributed by atoms with Crippen molar-refractivity contribution in [1.82, 2.24) is 4.72 Å². The lowest BCUT2D eigenvalue weighted by Gasteiger charge is -2.20. The lowest BCUT2D eigenvalue weighted by atomic mass is 10.1. The third kappa shape index (κ3) is 7.13. The summed E-state index contributed by atoms with van der Waals surface area (Å²) in [7, 11) is -3.63. The van der Waals surface area contributed by atoms with Crippen molar-refractivity contribution < 1.29 is 17.9 Å². The molecule has 29 heavy (non-hydrogen) atoms. The van der Waals surface area contributed by atoms with Gasteiger partial charge in [-0.15, -0.1) is 0 Å². The van der Waals surface area contributed by atoms with Gasteiger partial charge in [0.2, 0.25) is 10.0 Å². The molecule has 0 heterocycles. The van der Waals surface area contributed by atoms with Gasteiger partial charge in [0.1, 0.15) is 5.75 Å². The number of unbranched alkanes of at least 4 members (excludes halogenated alkanes) is 1. The number of hydrogen-bond donors (Lipinski definition) is 2. The summed E-state index contributed by atoms with van der Waals surface area (Å²) in [6, 6.07) is 11.3. The molecule has 0 radical (unpaired) electrons. The van der Waals surface area contributed by atoms with Gasteiger partial charge in [0.15, 0.2) is 0 Å². The SMILES string of the molecule is CCCCOc1ccc(Br)cc1C(=O)Nc1ccc(S(=O)(=O)NC(C)(C)C)cc1. The highest BCUT2D eigenvalue weighted by atomic mass is 79.9. The Bertz CT molecular complexity index is 952. The topological polar surface area (TPSA) is 84.5 Å². The van der Waals surface area contributed by atoms with E-state index in [4.69, 9.17) is 4.74 Å². The summed E-state index contributed by atoms with van der Waals surface area (Å²) < 4.78 is 33.9. The van der Waals surface area contributed by atoms with Crippen molar-refractivity contribution >= 4 is 37.5 Å². The number of rotatable bonds is 8. The number of amides is 1. The van der Waals surface area contributed by atoms with Crippen LogP contribution in [0.25, 0.3) is 0 Å². The van der Waals surface area contributed by atoms with Crippen molar-refractivity contribution in [2.24, 2.45) is 0 Å². The summed E-state index contributed by atoms with van der Waals surface area (Å²) in [6.07, 6.45) is 1.90. The van der Waals surface area contributed by atoms with Crippen LogP contribution in [-0.4, -0.2) is 26.5 Å². The highest BCUT2D eigenvalue weighted by Crippen LogP contribution is 2.25. The van der Waals surface area contributed by atoms with E-state index >= 15 is 0 Å². The Morgan fingerprint density at radius 1 is 1.10 bits per heavy atom. The van der Waals surface area contributed by atoms with E-state index in [9.17, 15) is 13.2 Å². The lowest BCUT2D eigenvalue weighted by Crippen LogP contribution is -2.40. The number of carbonyl (C=O) groups is 1. The number of sulfonamides is 1. The van der Waals surface area contributed by atoms with Crippen molar-refractivity contribution in [2.45, 2.75) is 51.0 Å². The molecule has 0 aliphatic heterocycles. The molecule has 2 rings (SSSR count). The molecule has 0 aromatic heterocycles. The van der Waals surface area contributed by atoms with E-state index < -0.39 is 15.6 Å². The predicted octanol–water partition coefficient (Wildman–Crippen LogP) is 4.96. The van der Waals surface area contributed by atoms with Crippen LogP contribution in [0.1, 0.15) is 50.9 Å². The van der Waals surface area contributed by atoms with Gasteiger partial charge in [-0.2, -0.15) is 0 Å². The molecule has 0 unspecified atom stereocenters. The average Bonchev–Trinajstić information content (AvgIpc) is 2.61. The van der Waals surface area contributed by atoms with Gasteiger partial charge in [-0.3, -0.25) is 4.79 Å². The minimum absolute atomic E-state index is 0.136. The summed E-state index contributed by atoms with van der Waals surface area (Å²) >= 11 is 3.38. The first kappa shape index (κ1) is 23.4. The van der Waals surface area contributed by atoms with Crippen LogP contribution in [0.3, 0.4) is 0 Å². The van der Waals surface area contributed by atoms with E-state index in [1.165, 1.54) is 12.1 Å². The van der Waals surface area contributed by atoms with Crippen LogP contribution in [0.15, 0.2) is 51.8 Å². The molecule has 8 heteroatoms. The molecular weight excluding hydrogens is 456 g/mol. The lowest BCUT2D eigenvalue weighted by molar-refractivity contribution is 0.102. The van der Waals surface area contributed by atoms with Gasteiger partial charge >= 0.3 is 0 Å². The molecule has 2 aromatic carbocycles. The van der Waals surface area contributed by atoms with Crippen LogP contribution < -0.4 is 14.8 Å². The maximum Gasteiger partial charge on any atom is 0.259 e. The quantitative estimate of drug-likeness (QED) is 0.520. The molecule has 0 spiro atoms. The minimum Gasteiger partial charge on any atom is -0.493 e. The molecule has 1 amide bonds. The molecule has 0 aliphatic rings. The maximum absolute atomic E-state index is 12.7. The smallest absolute Gasteiger partial charge is 0.259 e. The summed E-state index contributed by atoms with van der Waals surface area (Å²) in [4.78, 5) is 12.9. The molecule has 6 nitrogen and oxygen atoms in total. The Labute approximate surface area is 181 Å². The van der Waals surface area contributed by atoms with Crippen LogP contribution >= 0.6 is 15.9 Å². The van der Waals surface area contributed by atoms with Crippen LogP contribution in [0.5, 0.6) is 5.75 Å². The van der Waals surface area contributed by atoms with E-state index in [1.54, 1.807) is 45.0 Å². The molecule has 0 atom stereocenters. The Balaban J connectivity index is 2.16. The van der Waals surface area contributed by atoms with Gasteiger partial charge in [-0.25, -0.2) is 13.1 Å². The van der Waals surface area contributed by atoms with E-state index in [1.807, 2.05) is 6.07 Å². The number of benzene rings is 2. The molecule has 0 fully saturated rings. The van der Waals surface area contributed by atoms with Crippen LogP contribution in [-0.2, 0) is 10.0 Å². The fourth-order valence-electron chi connectivity index (χ4n) is 2.51. The number of ether oxygens (including phenoxy) is 1. The number of hydrogen-bond acceptors (Lipinski definition) is 4. The Kier molecular flexibility index (Phi) is 7.85. The van der Waals surface area contributed by atoms with Crippen molar-refractivity contribution in [2.75, 3.05) is 11.9 Å². The average molecular weight is 483 g/mol. The minimum atomic E-state index is -3.63. The van der Waals surface area contributed by atoms with Gasteiger partial charge in [0.05, 0.1) is 17.1 Å². The second-order valence-corrected chi connectivity index (χ2v) is 10.3. The van der Waals surface area contributed by atoms with Crippen molar-refractivity contribution in [1.29, 1.82) is 0 Å². The van der Waals surface area contributed by atoms with Gasteiger partial charge in [-0.05, 0) is 69.7 Å².